The van der Waals surface area contributed by atoms with Gasteiger partial charge in [-0.05, 0) is 54.2 Å². The Morgan fingerprint density at radius 1 is 1.33 bits per heavy atom. The van der Waals surface area contributed by atoms with Gasteiger partial charge in [0, 0.05) is 11.3 Å². The van der Waals surface area contributed by atoms with Crippen molar-refractivity contribution in [3.63, 3.8) is 0 Å². The quantitative estimate of drug-likeness (QED) is 0.833. The molecule has 1 aliphatic rings. The number of hydrogen-bond donors (Lipinski definition) is 1. The van der Waals surface area contributed by atoms with Crippen LogP contribution >= 0.6 is 11.3 Å². The lowest BCUT2D eigenvalue weighted by Crippen LogP contribution is -2.10. The highest BCUT2D eigenvalue weighted by Crippen LogP contribution is 2.26. The molecule has 1 aromatic heterocycles. The topological polar surface area (TPSA) is 21.3 Å². The second kappa shape index (κ2) is 5.83. The van der Waals surface area contributed by atoms with Crippen molar-refractivity contribution in [2.75, 3.05) is 19.7 Å². The number of ether oxygens (including phenoxy) is 1. The molecule has 2 aromatic rings. The summed E-state index contributed by atoms with van der Waals surface area (Å²) in [6.07, 6.45) is 2.50. The molecule has 1 aromatic carbocycles. The number of fused-ring (bicyclic) bond motifs is 1. The molecule has 0 spiro atoms. The fourth-order valence-corrected chi connectivity index (χ4v) is 3.48. The third-order valence-electron chi connectivity index (χ3n) is 3.65. The highest BCUT2D eigenvalue weighted by molar-refractivity contribution is 7.17. The molecule has 0 bridgehead atoms. The maximum Gasteiger partial charge on any atom is 0.0730 e. The summed E-state index contributed by atoms with van der Waals surface area (Å²) >= 11 is 1.81. The Kier molecular flexibility index (Phi) is 3.93. The second-order valence-electron chi connectivity index (χ2n) is 4.96. The lowest BCUT2D eigenvalue weighted by atomic mass is 10.1. The van der Waals surface area contributed by atoms with Crippen LogP contribution in [0, 0.1) is 5.92 Å². The van der Waals surface area contributed by atoms with Crippen molar-refractivity contribution in [1.82, 2.24) is 5.32 Å². The summed E-state index contributed by atoms with van der Waals surface area (Å²) in [5.41, 5.74) is 1.33. The molecular weight excluding hydrogens is 242 g/mol. The van der Waals surface area contributed by atoms with Gasteiger partial charge in [0.05, 0.1) is 6.61 Å². The van der Waals surface area contributed by atoms with Crippen LogP contribution in [0.4, 0.5) is 0 Å². The zero-order valence-corrected chi connectivity index (χ0v) is 11.3. The smallest absolute Gasteiger partial charge is 0.0730 e. The van der Waals surface area contributed by atoms with Crippen molar-refractivity contribution >= 4 is 21.4 Å². The SMILES string of the molecule is c1ccc2c(COCCC3CCNC3)csc2c1. The van der Waals surface area contributed by atoms with Crippen LogP contribution in [0.3, 0.4) is 0 Å². The van der Waals surface area contributed by atoms with E-state index in [-0.39, 0.29) is 0 Å². The summed E-state index contributed by atoms with van der Waals surface area (Å²) < 4.78 is 7.18. The third-order valence-corrected chi connectivity index (χ3v) is 4.66. The minimum absolute atomic E-state index is 0.754. The average molecular weight is 261 g/mol. The van der Waals surface area contributed by atoms with Crippen molar-refractivity contribution in [2.24, 2.45) is 5.92 Å². The monoisotopic (exact) mass is 261 g/mol. The van der Waals surface area contributed by atoms with Gasteiger partial charge < -0.3 is 10.1 Å². The summed E-state index contributed by atoms with van der Waals surface area (Å²) in [5.74, 6) is 0.823. The summed E-state index contributed by atoms with van der Waals surface area (Å²) in [6.45, 7) is 3.99. The Hall–Kier alpha value is -0.900. The molecule has 0 amide bonds. The first-order chi connectivity index (χ1) is 8.93. The molecule has 96 valence electrons. The normalized spacial score (nSPS) is 19.7. The average Bonchev–Trinajstić information content (AvgIpc) is 3.04. The molecule has 1 atom stereocenters. The number of hydrogen-bond acceptors (Lipinski definition) is 3. The predicted octanol–water partition coefficient (Wildman–Crippen LogP) is 3.42. The van der Waals surface area contributed by atoms with Crippen LogP contribution in [-0.2, 0) is 11.3 Å². The molecule has 2 nitrogen and oxygen atoms in total. The van der Waals surface area contributed by atoms with E-state index >= 15 is 0 Å². The molecule has 1 N–H and O–H groups in total. The van der Waals surface area contributed by atoms with Gasteiger partial charge in [-0.25, -0.2) is 0 Å². The van der Waals surface area contributed by atoms with Gasteiger partial charge in [-0.1, -0.05) is 18.2 Å². The van der Waals surface area contributed by atoms with Crippen LogP contribution in [0.15, 0.2) is 29.6 Å². The molecule has 1 saturated heterocycles. The molecular formula is C15H19NOS. The number of benzene rings is 1. The Morgan fingerprint density at radius 3 is 3.17 bits per heavy atom. The zero-order chi connectivity index (χ0) is 12.2. The van der Waals surface area contributed by atoms with Crippen molar-refractivity contribution in [1.29, 1.82) is 0 Å². The molecule has 0 saturated carbocycles. The van der Waals surface area contributed by atoms with Gasteiger partial charge in [-0.15, -0.1) is 11.3 Å². The number of rotatable bonds is 5. The summed E-state index contributed by atoms with van der Waals surface area (Å²) in [5, 5.41) is 6.97. The van der Waals surface area contributed by atoms with Crippen molar-refractivity contribution in [3.8, 4) is 0 Å². The Morgan fingerprint density at radius 2 is 2.28 bits per heavy atom. The fraction of sp³-hybridized carbons (Fsp3) is 0.467. The Bertz CT molecular complexity index is 502. The molecule has 18 heavy (non-hydrogen) atoms. The van der Waals surface area contributed by atoms with Crippen LogP contribution < -0.4 is 5.32 Å². The van der Waals surface area contributed by atoms with E-state index in [0.717, 1.165) is 19.1 Å². The second-order valence-corrected chi connectivity index (χ2v) is 5.87. The highest BCUT2D eigenvalue weighted by Gasteiger charge is 2.13. The minimum Gasteiger partial charge on any atom is -0.377 e. The standard InChI is InChI=1S/C15H19NOS/c1-2-4-15-14(3-1)13(11-18-15)10-17-8-6-12-5-7-16-9-12/h1-4,11-12,16H,5-10H2. The van der Waals surface area contributed by atoms with E-state index < -0.39 is 0 Å². The van der Waals surface area contributed by atoms with E-state index in [2.05, 4.69) is 35.0 Å². The van der Waals surface area contributed by atoms with Crippen molar-refractivity contribution in [3.05, 3.63) is 35.2 Å². The summed E-state index contributed by atoms with van der Waals surface area (Å²) in [4.78, 5) is 0. The molecule has 3 heteroatoms. The predicted molar refractivity (Wildman–Crippen MR) is 77.1 cm³/mol. The van der Waals surface area contributed by atoms with E-state index in [4.69, 9.17) is 4.74 Å². The van der Waals surface area contributed by atoms with Gasteiger partial charge in [0.1, 0.15) is 0 Å². The molecule has 1 aliphatic heterocycles. The maximum atomic E-state index is 5.83. The van der Waals surface area contributed by atoms with Gasteiger partial charge in [-0.2, -0.15) is 0 Å². The van der Waals surface area contributed by atoms with E-state index in [0.29, 0.717) is 0 Å². The number of nitrogens with one attached hydrogen (secondary N) is 1. The highest BCUT2D eigenvalue weighted by atomic mass is 32.1. The molecule has 0 aliphatic carbocycles. The van der Waals surface area contributed by atoms with Crippen molar-refractivity contribution in [2.45, 2.75) is 19.4 Å². The summed E-state index contributed by atoms with van der Waals surface area (Å²) in [6, 6.07) is 8.55. The molecule has 3 rings (SSSR count). The van der Waals surface area contributed by atoms with Gasteiger partial charge in [0.25, 0.3) is 0 Å². The fourth-order valence-electron chi connectivity index (χ4n) is 2.54. The van der Waals surface area contributed by atoms with Crippen LogP contribution in [-0.4, -0.2) is 19.7 Å². The van der Waals surface area contributed by atoms with Crippen LogP contribution in [0.2, 0.25) is 0 Å². The Balaban J connectivity index is 1.50. The lowest BCUT2D eigenvalue weighted by Gasteiger charge is -2.08. The van der Waals surface area contributed by atoms with E-state index in [1.165, 1.54) is 41.6 Å². The van der Waals surface area contributed by atoms with E-state index in [1.54, 1.807) is 0 Å². The first kappa shape index (κ1) is 12.2. The molecule has 0 radical (unpaired) electrons. The van der Waals surface area contributed by atoms with Crippen LogP contribution in [0.5, 0.6) is 0 Å². The first-order valence-corrected chi connectivity index (χ1v) is 7.55. The third kappa shape index (κ3) is 2.74. The molecule has 1 fully saturated rings. The first-order valence-electron chi connectivity index (χ1n) is 6.67. The van der Waals surface area contributed by atoms with Gasteiger partial charge in [-0.3, -0.25) is 0 Å². The van der Waals surface area contributed by atoms with E-state index in [9.17, 15) is 0 Å². The van der Waals surface area contributed by atoms with Crippen LogP contribution in [0.1, 0.15) is 18.4 Å². The zero-order valence-electron chi connectivity index (χ0n) is 10.5. The van der Waals surface area contributed by atoms with E-state index in [1.807, 2.05) is 11.3 Å². The Labute approximate surface area is 112 Å². The lowest BCUT2D eigenvalue weighted by molar-refractivity contribution is 0.110. The minimum atomic E-state index is 0.754. The largest absolute Gasteiger partial charge is 0.377 e. The van der Waals surface area contributed by atoms with Crippen LogP contribution in [0.25, 0.3) is 10.1 Å². The molecule has 1 unspecified atom stereocenters. The molecule has 2 heterocycles. The van der Waals surface area contributed by atoms with Crippen molar-refractivity contribution < 1.29 is 4.74 Å². The maximum absolute atomic E-state index is 5.83. The van der Waals surface area contributed by atoms with Gasteiger partial charge >= 0.3 is 0 Å². The number of thiophene rings is 1. The summed E-state index contributed by atoms with van der Waals surface area (Å²) in [7, 11) is 0. The van der Waals surface area contributed by atoms with Gasteiger partial charge in [0.15, 0.2) is 0 Å². The van der Waals surface area contributed by atoms with Gasteiger partial charge in [0.2, 0.25) is 0 Å².